The highest BCUT2D eigenvalue weighted by Gasteiger charge is 2.38. The highest BCUT2D eigenvalue weighted by Crippen LogP contribution is 2.22. The van der Waals surface area contributed by atoms with Gasteiger partial charge in [0.25, 0.3) is 0 Å². The van der Waals surface area contributed by atoms with Gasteiger partial charge in [0.1, 0.15) is 0 Å². The summed E-state index contributed by atoms with van der Waals surface area (Å²) in [4.78, 5) is 0. The summed E-state index contributed by atoms with van der Waals surface area (Å²) in [5.74, 6) is 0.229. The fraction of sp³-hybridized carbons (Fsp3) is 0.833. The first-order valence-corrected chi connectivity index (χ1v) is 6.03. The van der Waals surface area contributed by atoms with Crippen LogP contribution in [0.5, 0.6) is 0 Å². The molecule has 3 N–H and O–H groups in total. The molecule has 0 unspecified atom stereocenters. The van der Waals surface area contributed by atoms with Gasteiger partial charge in [0.15, 0.2) is 14.9 Å². The van der Waals surface area contributed by atoms with Crippen LogP contribution in [0.15, 0.2) is 0 Å². The Balaban J connectivity index is 2.65. The van der Waals surface area contributed by atoms with Gasteiger partial charge in [0.05, 0.1) is 17.0 Å². The van der Waals surface area contributed by atoms with Gasteiger partial charge in [-0.05, 0) is 25.6 Å². The zero-order valence-electron chi connectivity index (χ0n) is 7.20. The van der Waals surface area contributed by atoms with Gasteiger partial charge in [-0.3, -0.25) is 5.21 Å². The summed E-state index contributed by atoms with van der Waals surface area (Å²) in [5.41, 5.74) is 1.22. The highest BCUT2D eigenvalue weighted by molar-refractivity contribution is 7.91. The molecule has 0 aromatic carbocycles. The van der Waals surface area contributed by atoms with Crippen LogP contribution in [-0.4, -0.2) is 35.8 Å². The number of rotatable bonds is 1. The van der Waals surface area contributed by atoms with E-state index in [0.29, 0.717) is 6.42 Å². The lowest BCUT2D eigenvalue weighted by Crippen LogP contribution is -2.50. The topological polar surface area (TPSA) is 78.4 Å². The maximum Gasteiger partial charge on any atom is 0.190 e. The van der Waals surface area contributed by atoms with Gasteiger partial charge in [-0.15, -0.1) is 0 Å². The molecule has 0 aromatic heterocycles. The van der Waals surface area contributed by atoms with Crippen molar-refractivity contribution in [3.05, 3.63) is 0 Å². The Kier molecular flexibility index (Phi) is 2.79. The van der Waals surface area contributed by atoms with E-state index in [9.17, 15) is 8.42 Å². The van der Waals surface area contributed by atoms with Crippen LogP contribution in [-0.2, 0) is 9.84 Å². The lowest BCUT2D eigenvalue weighted by molar-refractivity contribution is 0.228. The minimum absolute atomic E-state index is 0.0552. The fourth-order valence-electron chi connectivity index (χ4n) is 1.41. The predicted octanol–water partition coefficient (Wildman–Crippen LogP) is -0.583. The summed E-state index contributed by atoms with van der Waals surface area (Å²) in [7, 11) is -2.94. The standard InChI is InChI=1S/C6H12N2O3S2/c1-6(7-5(12)8-9)2-3-13(10,11)4-6/h9H,2-4H2,1H3,(H2,7,8,12)/t6-/m1/s1. The Hall–Kier alpha value is -0.400. The lowest BCUT2D eigenvalue weighted by Gasteiger charge is -2.24. The van der Waals surface area contributed by atoms with Crippen LogP contribution in [0.25, 0.3) is 0 Å². The molecule has 1 saturated heterocycles. The summed E-state index contributed by atoms with van der Waals surface area (Å²) in [6.07, 6.45) is 0.511. The smallest absolute Gasteiger partial charge is 0.190 e. The van der Waals surface area contributed by atoms with Gasteiger partial charge in [-0.2, -0.15) is 0 Å². The van der Waals surface area contributed by atoms with E-state index in [2.05, 4.69) is 17.5 Å². The fourth-order valence-corrected chi connectivity index (χ4v) is 3.75. The molecule has 7 heteroatoms. The number of hydroxylamine groups is 1. The van der Waals surface area contributed by atoms with Crippen molar-refractivity contribution >= 4 is 27.2 Å². The SMILES string of the molecule is C[C@@]1(NC(=S)NO)CCS(=O)(=O)C1. The number of sulfone groups is 1. The normalized spacial score (nSPS) is 31.2. The molecule has 1 fully saturated rings. The van der Waals surface area contributed by atoms with E-state index in [1.165, 1.54) is 0 Å². The van der Waals surface area contributed by atoms with E-state index in [1.54, 1.807) is 12.4 Å². The van der Waals surface area contributed by atoms with Crippen LogP contribution >= 0.6 is 12.2 Å². The second-order valence-corrected chi connectivity index (χ2v) is 6.06. The van der Waals surface area contributed by atoms with Crippen molar-refractivity contribution in [2.75, 3.05) is 11.5 Å². The molecular formula is C6H12N2O3S2. The van der Waals surface area contributed by atoms with Crippen molar-refractivity contribution in [2.45, 2.75) is 18.9 Å². The van der Waals surface area contributed by atoms with E-state index in [4.69, 9.17) is 5.21 Å². The van der Waals surface area contributed by atoms with Crippen LogP contribution in [0.3, 0.4) is 0 Å². The number of nitrogens with one attached hydrogen (secondary N) is 2. The van der Waals surface area contributed by atoms with Crippen LogP contribution in [0.2, 0.25) is 0 Å². The van der Waals surface area contributed by atoms with Gasteiger partial charge < -0.3 is 5.32 Å². The molecule has 0 aliphatic carbocycles. The average molecular weight is 224 g/mol. The number of hydrogen-bond donors (Lipinski definition) is 3. The second kappa shape index (κ2) is 3.39. The Labute approximate surface area is 82.4 Å². The van der Waals surface area contributed by atoms with Gasteiger partial charge in [-0.1, -0.05) is 0 Å². The van der Waals surface area contributed by atoms with Crippen LogP contribution in [0.4, 0.5) is 0 Å². The first-order valence-electron chi connectivity index (χ1n) is 3.80. The molecule has 1 aliphatic rings. The van der Waals surface area contributed by atoms with E-state index in [1.807, 2.05) is 0 Å². The monoisotopic (exact) mass is 224 g/mol. The number of hydrogen-bond acceptors (Lipinski definition) is 4. The first-order chi connectivity index (χ1) is 5.87. The summed E-state index contributed by atoms with van der Waals surface area (Å²) in [6, 6.07) is 0. The molecule has 0 amide bonds. The minimum atomic E-state index is -2.94. The molecule has 0 aromatic rings. The van der Waals surface area contributed by atoms with E-state index in [0.717, 1.165) is 0 Å². The maximum atomic E-state index is 11.1. The molecule has 1 atom stereocenters. The molecule has 1 heterocycles. The molecule has 76 valence electrons. The molecule has 1 aliphatic heterocycles. The summed E-state index contributed by atoms with van der Waals surface area (Å²) >= 11 is 4.67. The predicted molar refractivity (Wildman–Crippen MR) is 52.3 cm³/mol. The zero-order chi connectivity index (χ0) is 10.1. The van der Waals surface area contributed by atoms with Gasteiger partial charge in [-0.25, -0.2) is 13.9 Å². The van der Waals surface area contributed by atoms with Crippen LogP contribution < -0.4 is 10.8 Å². The molecule has 5 nitrogen and oxygen atoms in total. The van der Waals surface area contributed by atoms with Crippen molar-refractivity contribution in [3.63, 3.8) is 0 Å². The minimum Gasteiger partial charge on any atom is -0.355 e. The molecule has 0 saturated carbocycles. The molecule has 13 heavy (non-hydrogen) atoms. The van der Waals surface area contributed by atoms with Gasteiger partial charge >= 0.3 is 0 Å². The average Bonchev–Trinajstić information content (AvgIpc) is 2.25. The Morgan fingerprint density at radius 1 is 1.62 bits per heavy atom. The molecule has 0 radical (unpaired) electrons. The van der Waals surface area contributed by atoms with Crippen LogP contribution in [0, 0.1) is 0 Å². The first kappa shape index (κ1) is 10.7. The van der Waals surface area contributed by atoms with Crippen molar-refractivity contribution < 1.29 is 13.6 Å². The Morgan fingerprint density at radius 2 is 2.23 bits per heavy atom. The highest BCUT2D eigenvalue weighted by atomic mass is 32.2. The molecule has 1 rings (SSSR count). The summed E-state index contributed by atoms with van der Waals surface area (Å²) in [5, 5.41) is 11.2. The largest absolute Gasteiger partial charge is 0.355 e. The molecule has 0 bridgehead atoms. The number of thiocarbonyl (C=S) groups is 1. The summed E-state index contributed by atoms with van der Waals surface area (Å²) < 4.78 is 22.3. The molecular weight excluding hydrogens is 212 g/mol. The van der Waals surface area contributed by atoms with E-state index >= 15 is 0 Å². The second-order valence-electron chi connectivity index (χ2n) is 3.47. The van der Waals surface area contributed by atoms with Crippen molar-refractivity contribution in [3.8, 4) is 0 Å². The molecule has 0 spiro atoms. The Bertz CT molecular complexity index is 314. The zero-order valence-corrected chi connectivity index (χ0v) is 8.83. The van der Waals surface area contributed by atoms with Crippen molar-refractivity contribution in [1.82, 2.24) is 10.8 Å². The third-order valence-electron chi connectivity index (χ3n) is 2.02. The van der Waals surface area contributed by atoms with Gasteiger partial charge in [0.2, 0.25) is 0 Å². The van der Waals surface area contributed by atoms with E-state index in [-0.39, 0.29) is 16.6 Å². The Morgan fingerprint density at radius 3 is 2.62 bits per heavy atom. The summed E-state index contributed by atoms with van der Waals surface area (Å²) in [6.45, 7) is 1.77. The quantitative estimate of drug-likeness (QED) is 0.408. The van der Waals surface area contributed by atoms with Crippen molar-refractivity contribution in [1.29, 1.82) is 0 Å². The maximum absolute atomic E-state index is 11.1. The lowest BCUT2D eigenvalue weighted by atomic mass is 10.0. The third-order valence-corrected chi connectivity index (χ3v) is 4.12. The van der Waals surface area contributed by atoms with Gasteiger partial charge in [0, 0.05) is 0 Å². The van der Waals surface area contributed by atoms with Crippen molar-refractivity contribution in [2.24, 2.45) is 0 Å². The van der Waals surface area contributed by atoms with Crippen LogP contribution in [0.1, 0.15) is 13.3 Å². The third kappa shape index (κ3) is 2.78. The van der Waals surface area contributed by atoms with E-state index < -0.39 is 15.4 Å².